The molecule has 2 nitrogen and oxygen atoms in total. The Labute approximate surface area is 102 Å². The Morgan fingerprint density at radius 1 is 1.19 bits per heavy atom. The van der Waals surface area contributed by atoms with Crippen LogP contribution in [0.15, 0.2) is 22.5 Å². The average molecular weight is 240 g/mol. The summed E-state index contributed by atoms with van der Waals surface area (Å²) in [7, 11) is -0.527. The monoisotopic (exact) mass is 240 g/mol. The molecule has 0 saturated heterocycles. The lowest BCUT2D eigenvalue weighted by atomic mass is 10.1. The molecule has 0 aromatic carbocycles. The van der Waals surface area contributed by atoms with E-state index in [0.717, 1.165) is 5.57 Å². The third-order valence-electron chi connectivity index (χ3n) is 2.32. The molecule has 0 aromatic heterocycles. The Bertz CT molecular complexity index is 301. The van der Waals surface area contributed by atoms with E-state index in [9.17, 15) is 4.79 Å². The molecule has 16 heavy (non-hydrogen) atoms. The van der Waals surface area contributed by atoms with Crippen LogP contribution in [0.3, 0.4) is 0 Å². The number of carbonyl (C=O) groups is 1. The van der Waals surface area contributed by atoms with Crippen LogP contribution in [-0.4, -0.2) is 21.6 Å². The summed E-state index contributed by atoms with van der Waals surface area (Å²) in [6, 6.07) is 0. The number of ether oxygens (including phenoxy) is 1. The highest BCUT2D eigenvalue weighted by atomic mass is 28.2. The van der Waals surface area contributed by atoms with E-state index in [1.807, 2.05) is 27.7 Å². The minimum atomic E-state index is -0.527. The van der Waals surface area contributed by atoms with Crippen molar-refractivity contribution in [3.63, 3.8) is 0 Å². The van der Waals surface area contributed by atoms with Gasteiger partial charge < -0.3 is 4.74 Å². The molecule has 3 heteroatoms. The van der Waals surface area contributed by atoms with Crippen molar-refractivity contribution < 1.29 is 9.53 Å². The van der Waals surface area contributed by atoms with Gasteiger partial charge >= 0.3 is 5.97 Å². The first kappa shape index (κ1) is 15.2. The highest BCUT2D eigenvalue weighted by Gasteiger charge is 2.16. The predicted molar refractivity (Wildman–Crippen MR) is 72.1 cm³/mol. The summed E-state index contributed by atoms with van der Waals surface area (Å²) >= 11 is 0. The Morgan fingerprint density at radius 3 is 2.00 bits per heavy atom. The lowest BCUT2D eigenvalue weighted by Crippen LogP contribution is -2.17. The summed E-state index contributed by atoms with van der Waals surface area (Å²) < 4.78 is 5.22. The molecule has 0 unspecified atom stereocenters. The Morgan fingerprint density at radius 2 is 1.69 bits per heavy atom. The first-order valence-electron chi connectivity index (χ1n) is 5.80. The fourth-order valence-corrected chi connectivity index (χ4v) is 3.00. The van der Waals surface area contributed by atoms with Crippen molar-refractivity contribution >= 4 is 15.5 Å². The van der Waals surface area contributed by atoms with Crippen molar-refractivity contribution in [3.8, 4) is 0 Å². The van der Waals surface area contributed by atoms with E-state index in [2.05, 4.69) is 20.4 Å². The molecule has 0 spiro atoms. The third-order valence-corrected chi connectivity index (χ3v) is 4.65. The molecular formula is C13H24O2Si. The second-order valence-corrected chi connectivity index (χ2v) is 7.22. The van der Waals surface area contributed by atoms with Crippen LogP contribution in [-0.2, 0) is 9.53 Å². The summed E-state index contributed by atoms with van der Waals surface area (Å²) in [5, 5.41) is 2.47. The lowest BCUT2D eigenvalue weighted by molar-refractivity contribution is -0.142. The second-order valence-electron chi connectivity index (χ2n) is 4.89. The molecule has 0 heterocycles. The molecule has 0 aliphatic rings. The Hall–Kier alpha value is -0.833. The van der Waals surface area contributed by atoms with Gasteiger partial charge in [0.15, 0.2) is 0 Å². The quantitative estimate of drug-likeness (QED) is 0.419. The Balaban J connectivity index is 4.95. The standard InChI is InChI=1S/C13H24O2Si/c1-8(2)12(16-10(5)6)11(7)13(14)15-9(3)4/h8-9H,5,16H2,1-4,6-7H3. The predicted octanol–water partition coefficient (Wildman–Crippen LogP) is 2.57. The fourth-order valence-electron chi connectivity index (χ4n) is 1.53. The number of hydrogen-bond donors (Lipinski definition) is 0. The number of allylic oxidation sites excluding steroid dienone is 2. The summed E-state index contributed by atoms with van der Waals surface area (Å²) in [6.45, 7) is 15.9. The molecule has 0 bridgehead atoms. The van der Waals surface area contributed by atoms with Gasteiger partial charge in [0.05, 0.1) is 15.6 Å². The van der Waals surface area contributed by atoms with E-state index < -0.39 is 9.52 Å². The minimum absolute atomic E-state index is 0.0534. The van der Waals surface area contributed by atoms with Gasteiger partial charge in [0.1, 0.15) is 0 Å². The zero-order valence-electron chi connectivity index (χ0n) is 11.4. The molecule has 0 radical (unpaired) electrons. The summed E-state index contributed by atoms with van der Waals surface area (Å²) in [5.41, 5.74) is 0.790. The van der Waals surface area contributed by atoms with Gasteiger partial charge in [0, 0.05) is 5.57 Å². The average Bonchev–Trinajstić information content (AvgIpc) is 2.11. The second kappa shape index (κ2) is 6.69. The topological polar surface area (TPSA) is 26.3 Å². The van der Waals surface area contributed by atoms with Gasteiger partial charge in [0.25, 0.3) is 0 Å². The van der Waals surface area contributed by atoms with Crippen LogP contribution >= 0.6 is 0 Å². The van der Waals surface area contributed by atoms with Gasteiger partial charge in [-0.05, 0) is 33.6 Å². The van der Waals surface area contributed by atoms with E-state index in [1.165, 1.54) is 10.4 Å². The highest BCUT2D eigenvalue weighted by molar-refractivity contribution is 6.54. The SMILES string of the molecule is C=C(C)[SiH2]C(=C(C)C(=O)OC(C)C)C(C)C. The molecule has 0 rings (SSSR count). The third kappa shape index (κ3) is 5.31. The molecule has 0 fully saturated rings. The maximum absolute atomic E-state index is 11.8. The number of rotatable bonds is 5. The van der Waals surface area contributed by atoms with E-state index in [4.69, 9.17) is 4.74 Å². The molecule has 0 amide bonds. The number of carbonyl (C=O) groups excluding carboxylic acids is 1. The largest absolute Gasteiger partial charge is 0.460 e. The van der Waals surface area contributed by atoms with Crippen molar-refractivity contribution in [1.29, 1.82) is 0 Å². The maximum atomic E-state index is 11.8. The van der Waals surface area contributed by atoms with Crippen molar-refractivity contribution in [2.45, 2.75) is 47.6 Å². The van der Waals surface area contributed by atoms with E-state index in [1.54, 1.807) is 0 Å². The summed E-state index contributed by atoms with van der Waals surface area (Å²) in [6.07, 6.45) is -0.0534. The molecule has 92 valence electrons. The van der Waals surface area contributed by atoms with Gasteiger partial charge in [-0.3, -0.25) is 0 Å². The van der Waals surface area contributed by atoms with E-state index in [-0.39, 0.29) is 12.1 Å². The van der Waals surface area contributed by atoms with Crippen LogP contribution in [0.4, 0.5) is 0 Å². The molecular weight excluding hydrogens is 216 g/mol. The summed E-state index contributed by atoms with van der Waals surface area (Å²) in [5.74, 6) is 0.232. The van der Waals surface area contributed by atoms with Crippen molar-refractivity contribution in [2.75, 3.05) is 0 Å². The smallest absolute Gasteiger partial charge is 0.333 e. The number of hydrogen-bond acceptors (Lipinski definition) is 2. The van der Waals surface area contributed by atoms with Crippen LogP contribution in [0.25, 0.3) is 0 Å². The van der Waals surface area contributed by atoms with Crippen LogP contribution in [0.2, 0.25) is 0 Å². The van der Waals surface area contributed by atoms with Crippen molar-refractivity contribution in [3.05, 3.63) is 22.5 Å². The van der Waals surface area contributed by atoms with Gasteiger partial charge in [-0.1, -0.05) is 24.2 Å². The van der Waals surface area contributed by atoms with Gasteiger partial charge in [-0.15, -0.1) is 6.58 Å². The lowest BCUT2D eigenvalue weighted by Gasteiger charge is -2.16. The van der Waals surface area contributed by atoms with Crippen LogP contribution in [0.5, 0.6) is 0 Å². The van der Waals surface area contributed by atoms with Crippen molar-refractivity contribution in [1.82, 2.24) is 0 Å². The molecule has 0 saturated carbocycles. The van der Waals surface area contributed by atoms with Gasteiger partial charge in [0.2, 0.25) is 0 Å². The zero-order valence-corrected chi connectivity index (χ0v) is 12.8. The van der Waals surface area contributed by atoms with Gasteiger partial charge in [-0.2, -0.15) is 0 Å². The molecule has 0 aromatic rings. The fraction of sp³-hybridized carbons (Fsp3) is 0.615. The molecule has 0 N–H and O–H groups in total. The van der Waals surface area contributed by atoms with Gasteiger partial charge in [-0.25, -0.2) is 4.79 Å². The number of esters is 1. The molecule has 0 aliphatic heterocycles. The Kier molecular flexibility index (Phi) is 6.34. The maximum Gasteiger partial charge on any atom is 0.333 e. The first-order valence-corrected chi connectivity index (χ1v) is 7.22. The normalized spacial score (nSPS) is 13.5. The van der Waals surface area contributed by atoms with Crippen LogP contribution in [0.1, 0.15) is 41.5 Å². The van der Waals surface area contributed by atoms with Crippen LogP contribution < -0.4 is 0 Å². The zero-order chi connectivity index (χ0) is 12.9. The summed E-state index contributed by atoms with van der Waals surface area (Å²) in [4.78, 5) is 11.8. The molecule has 0 atom stereocenters. The van der Waals surface area contributed by atoms with Crippen LogP contribution in [0, 0.1) is 5.92 Å². The highest BCUT2D eigenvalue weighted by Crippen LogP contribution is 2.17. The molecule has 0 aliphatic carbocycles. The van der Waals surface area contributed by atoms with E-state index >= 15 is 0 Å². The minimum Gasteiger partial charge on any atom is -0.460 e. The first-order chi connectivity index (χ1) is 7.25. The van der Waals surface area contributed by atoms with E-state index in [0.29, 0.717) is 5.92 Å². The van der Waals surface area contributed by atoms with Crippen molar-refractivity contribution in [2.24, 2.45) is 5.92 Å².